The molecule has 0 atom stereocenters. The summed E-state index contributed by atoms with van der Waals surface area (Å²) in [6.07, 6.45) is 3.08. The van der Waals surface area contributed by atoms with Crippen molar-refractivity contribution >= 4 is 43.5 Å². The molecule has 128 valence electrons. The average molecular weight is 455 g/mol. The number of hydrogen-bond donors (Lipinski definition) is 1. The monoisotopic (exact) mass is 453 g/mol. The number of carbonyl (C=O) groups is 1. The highest BCUT2D eigenvalue weighted by atomic mass is 79.9. The lowest BCUT2D eigenvalue weighted by molar-refractivity contribution is -0.118. The summed E-state index contributed by atoms with van der Waals surface area (Å²) in [6.45, 7) is 4.21. The van der Waals surface area contributed by atoms with Gasteiger partial charge in [-0.25, -0.2) is 0 Å². The van der Waals surface area contributed by atoms with E-state index in [1.54, 1.807) is 0 Å². The number of benzene rings is 2. The molecular weight excluding hydrogens is 434 g/mol. The minimum Gasteiger partial charge on any atom is -0.483 e. The van der Waals surface area contributed by atoms with Crippen molar-refractivity contribution in [2.24, 2.45) is 0 Å². The van der Waals surface area contributed by atoms with Crippen LogP contribution in [0.2, 0.25) is 0 Å². The molecule has 0 aliphatic heterocycles. The lowest BCUT2D eigenvalue weighted by atomic mass is 10.1. The first-order chi connectivity index (χ1) is 11.5. The van der Waals surface area contributed by atoms with Gasteiger partial charge in [-0.2, -0.15) is 0 Å². The molecule has 0 aromatic heterocycles. The Morgan fingerprint density at radius 3 is 2.38 bits per heavy atom. The lowest BCUT2D eigenvalue weighted by Gasteiger charge is -2.11. The number of halogens is 2. The number of aryl methyl sites for hydroxylation is 2. The fraction of sp³-hybridized carbons (Fsp3) is 0.316. The van der Waals surface area contributed by atoms with Gasteiger partial charge in [0.05, 0.1) is 10.2 Å². The first-order valence-corrected chi connectivity index (χ1v) is 9.61. The van der Waals surface area contributed by atoms with E-state index in [9.17, 15) is 4.79 Å². The fourth-order valence-electron chi connectivity index (χ4n) is 2.32. The molecule has 1 amide bonds. The Labute approximate surface area is 160 Å². The molecular formula is C19H21Br2NO2. The molecule has 24 heavy (non-hydrogen) atoms. The maximum absolute atomic E-state index is 12.1. The second-order valence-electron chi connectivity index (χ2n) is 5.52. The standard InChI is InChI=1S/C19H21Br2NO2/c1-3-5-14-7-9-18(16(21)11-14)24-12-19(23)22-17-8-6-13(4-2)10-15(17)20/h6-11H,3-5,12H2,1-2H3,(H,22,23). The summed E-state index contributed by atoms with van der Waals surface area (Å²) in [5.74, 6) is 0.481. The summed E-state index contributed by atoms with van der Waals surface area (Å²) in [6, 6.07) is 11.9. The van der Waals surface area contributed by atoms with E-state index in [0.29, 0.717) is 5.75 Å². The number of anilines is 1. The van der Waals surface area contributed by atoms with Crippen LogP contribution in [-0.4, -0.2) is 12.5 Å². The highest BCUT2D eigenvalue weighted by Gasteiger charge is 2.09. The SMILES string of the molecule is CCCc1ccc(OCC(=O)Nc2ccc(CC)cc2Br)c(Br)c1. The van der Waals surface area contributed by atoms with E-state index in [1.165, 1.54) is 11.1 Å². The van der Waals surface area contributed by atoms with Gasteiger partial charge in [-0.1, -0.05) is 32.4 Å². The molecule has 2 aromatic rings. The van der Waals surface area contributed by atoms with Crippen LogP contribution in [0.1, 0.15) is 31.4 Å². The Morgan fingerprint density at radius 1 is 1.04 bits per heavy atom. The molecule has 2 rings (SSSR count). The van der Waals surface area contributed by atoms with Crippen LogP contribution in [-0.2, 0) is 17.6 Å². The lowest BCUT2D eigenvalue weighted by Crippen LogP contribution is -2.20. The van der Waals surface area contributed by atoms with Crippen LogP contribution >= 0.6 is 31.9 Å². The Kier molecular flexibility index (Phi) is 7.31. The molecule has 0 aliphatic rings. The number of nitrogens with one attached hydrogen (secondary N) is 1. The number of hydrogen-bond acceptors (Lipinski definition) is 2. The summed E-state index contributed by atoms with van der Waals surface area (Å²) in [5, 5.41) is 2.86. The number of amides is 1. The van der Waals surface area contributed by atoms with Crippen LogP contribution in [0.4, 0.5) is 5.69 Å². The van der Waals surface area contributed by atoms with Gasteiger partial charge in [-0.15, -0.1) is 0 Å². The van der Waals surface area contributed by atoms with Crippen molar-refractivity contribution in [3.63, 3.8) is 0 Å². The van der Waals surface area contributed by atoms with Crippen molar-refractivity contribution in [2.45, 2.75) is 33.1 Å². The van der Waals surface area contributed by atoms with Crippen molar-refractivity contribution in [2.75, 3.05) is 11.9 Å². The van der Waals surface area contributed by atoms with E-state index in [1.807, 2.05) is 36.4 Å². The average Bonchev–Trinajstić information content (AvgIpc) is 2.56. The Hall–Kier alpha value is -1.33. The van der Waals surface area contributed by atoms with Crippen molar-refractivity contribution in [1.29, 1.82) is 0 Å². The zero-order valence-corrected chi connectivity index (χ0v) is 17.0. The van der Waals surface area contributed by atoms with E-state index in [0.717, 1.165) is 33.9 Å². The fourth-order valence-corrected chi connectivity index (χ4v) is 3.38. The Bertz CT molecular complexity index is 717. The predicted molar refractivity (Wildman–Crippen MR) is 106 cm³/mol. The molecule has 0 aliphatic carbocycles. The normalized spacial score (nSPS) is 10.5. The van der Waals surface area contributed by atoms with E-state index in [4.69, 9.17) is 4.74 Å². The molecule has 0 radical (unpaired) electrons. The molecule has 0 bridgehead atoms. The first kappa shape index (κ1) is 19.0. The predicted octanol–water partition coefficient (Wildman–Crippen LogP) is 5.74. The molecule has 0 unspecified atom stereocenters. The number of carbonyl (C=O) groups excluding carboxylic acids is 1. The third-order valence-electron chi connectivity index (χ3n) is 3.61. The van der Waals surface area contributed by atoms with Gasteiger partial charge < -0.3 is 10.1 Å². The summed E-state index contributed by atoms with van der Waals surface area (Å²) in [4.78, 5) is 12.1. The largest absolute Gasteiger partial charge is 0.483 e. The van der Waals surface area contributed by atoms with Gasteiger partial charge in [0, 0.05) is 4.47 Å². The molecule has 3 nitrogen and oxygen atoms in total. The maximum atomic E-state index is 12.1. The van der Waals surface area contributed by atoms with Gasteiger partial charge >= 0.3 is 0 Å². The molecule has 0 heterocycles. The van der Waals surface area contributed by atoms with Crippen LogP contribution in [0.5, 0.6) is 5.75 Å². The van der Waals surface area contributed by atoms with Crippen LogP contribution in [0.15, 0.2) is 45.3 Å². The zero-order valence-electron chi connectivity index (χ0n) is 13.9. The second-order valence-corrected chi connectivity index (χ2v) is 7.23. The Morgan fingerprint density at radius 2 is 1.75 bits per heavy atom. The summed E-state index contributed by atoms with van der Waals surface area (Å²) in [7, 11) is 0. The number of rotatable bonds is 7. The summed E-state index contributed by atoms with van der Waals surface area (Å²) < 4.78 is 7.36. The zero-order chi connectivity index (χ0) is 17.5. The third-order valence-corrected chi connectivity index (χ3v) is 4.89. The van der Waals surface area contributed by atoms with Gasteiger partial charge in [0.25, 0.3) is 5.91 Å². The molecule has 0 saturated carbocycles. The molecule has 5 heteroatoms. The second kappa shape index (κ2) is 9.23. The van der Waals surface area contributed by atoms with Crippen LogP contribution in [0.3, 0.4) is 0 Å². The van der Waals surface area contributed by atoms with Crippen LogP contribution in [0.25, 0.3) is 0 Å². The highest BCUT2D eigenvalue weighted by Crippen LogP contribution is 2.27. The van der Waals surface area contributed by atoms with Crippen LogP contribution in [0, 0.1) is 0 Å². The van der Waals surface area contributed by atoms with Crippen molar-refractivity contribution in [3.8, 4) is 5.75 Å². The third kappa shape index (κ3) is 5.35. The van der Waals surface area contributed by atoms with Crippen molar-refractivity contribution in [3.05, 3.63) is 56.5 Å². The summed E-state index contributed by atoms with van der Waals surface area (Å²) in [5.41, 5.74) is 3.21. The van der Waals surface area contributed by atoms with Crippen LogP contribution < -0.4 is 10.1 Å². The molecule has 2 aromatic carbocycles. The maximum Gasteiger partial charge on any atom is 0.262 e. The summed E-state index contributed by atoms with van der Waals surface area (Å²) >= 11 is 6.98. The smallest absolute Gasteiger partial charge is 0.262 e. The van der Waals surface area contributed by atoms with E-state index < -0.39 is 0 Å². The minimum absolute atomic E-state index is 0.0340. The Balaban J connectivity index is 1.93. The van der Waals surface area contributed by atoms with Crippen molar-refractivity contribution in [1.82, 2.24) is 0 Å². The first-order valence-electron chi connectivity index (χ1n) is 8.03. The van der Waals surface area contributed by atoms with Gasteiger partial charge in [-0.05, 0) is 80.1 Å². The van der Waals surface area contributed by atoms with Gasteiger partial charge in [-0.3, -0.25) is 4.79 Å². The van der Waals surface area contributed by atoms with E-state index in [-0.39, 0.29) is 12.5 Å². The van der Waals surface area contributed by atoms with Crippen molar-refractivity contribution < 1.29 is 9.53 Å². The van der Waals surface area contributed by atoms with Gasteiger partial charge in [0.1, 0.15) is 5.75 Å². The molecule has 0 fully saturated rings. The molecule has 1 N–H and O–H groups in total. The van der Waals surface area contributed by atoms with E-state index in [2.05, 4.69) is 51.0 Å². The highest BCUT2D eigenvalue weighted by molar-refractivity contribution is 9.11. The number of ether oxygens (including phenoxy) is 1. The quantitative estimate of drug-likeness (QED) is 0.578. The molecule has 0 saturated heterocycles. The van der Waals surface area contributed by atoms with Gasteiger partial charge in [0.2, 0.25) is 0 Å². The minimum atomic E-state index is -0.190. The topological polar surface area (TPSA) is 38.3 Å². The van der Waals surface area contributed by atoms with Gasteiger partial charge in [0.15, 0.2) is 6.61 Å². The van der Waals surface area contributed by atoms with E-state index >= 15 is 0 Å². The molecule has 0 spiro atoms.